The number of amides is 1. The predicted octanol–water partition coefficient (Wildman–Crippen LogP) is 4.45. The van der Waals surface area contributed by atoms with E-state index in [9.17, 15) is 4.79 Å². The van der Waals surface area contributed by atoms with Crippen LogP contribution in [-0.2, 0) is 4.79 Å². The SMILES string of the molecule is O=C1/C(=C\c2ccco2)SC(=S)N1c1ccccc1Br. The van der Waals surface area contributed by atoms with Crippen molar-refractivity contribution in [3.63, 3.8) is 0 Å². The Bertz CT molecular complexity index is 710. The fraction of sp³-hybridized carbons (Fsp3) is 0. The molecule has 0 atom stereocenters. The average molecular weight is 366 g/mol. The summed E-state index contributed by atoms with van der Waals surface area (Å²) in [6.45, 7) is 0. The van der Waals surface area contributed by atoms with Gasteiger partial charge in [-0.25, -0.2) is 0 Å². The quantitative estimate of drug-likeness (QED) is 0.581. The van der Waals surface area contributed by atoms with Crippen LogP contribution >= 0.6 is 39.9 Å². The highest BCUT2D eigenvalue weighted by Gasteiger charge is 2.34. The van der Waals surface area contributed by atoms with Gasteiger partial charge in [0.2, 0.25) is 0 Å². The molecule has 1 aliphatic rings. The molecule has 3 nitrogen and oxygen atoms in total. The van der Waals surface area contributed by atoms with Crippen LogP contribution in [0.5, 0.6) is 0 Å². The monoisotopic (exact) mass is 365 g/mol. The zero-order valence-corrected chi connectivity index (χ0v) is 13.3. The highest BCUT2D eigenvalue weighted by molar-refractivity contribution is 9.10. The Morgan fingerprint density at radius 1 is 1.25 bits per heavy atom. The summed E-state index contributed by atoms with van der Waals surface area (Å²) < 4.78 is 6.57. The Morgan fingerprint density at radius 3 is 2.75 bits per heavy atom. The fourth-order valence-corrected chi connectivity index (χ4v) is 3.54. The molecule has 2 aromatic rings. The number of para-hydroxylation sites is 1. The molecule has 0 aliphatic carbocycles. The van der Waals surface area contributed by atoms with E-state index in [1.54, 1.807) is 24.5 Å². The van der Waals surface area contributed by atoms with Gasteiger partial charge in [-0.15, -0.1) is 0 Å². The number of rotatable bonds is 2. The maximum Gasteiger partial charge on any atom is 0.270 e. The third kappa shape index (κ3) is 2.46. The van der Waals surface area contributed by atoms with Gasteiger partial charge in [0.25, 0.3) is 5.91 Å². The van der Waals surface area contributed by atoms with Crippen molar-refractivity contribution in [2.75, 3.05) is 4.90 Å². The molecule has 1 saturated heterocycles. The summed E-state index contributed by atoms with van der Waals surface area (Å²) in [5.41, 5.74) is 0.748. The highest BCUT2D eigenvalue weighted by atomic mass is 79.9. The molecule has 1 aliphatic heterocycles. The van der Waals surface area contributed by atoms with Gasteiger partial charge >= 0.3 is 0 Å². The van der Waals surface area contributed by atoms with Gasteiger partial charge in [0.15, 0.2) is 4.32 Å². The topological polar surface area (TPSA) is 33.5 Å². The van der Waals surface area contributed by atoms with Crippen LogP contribution in [0, 0.1) is 0 Å². The first-order valence-electron chi connectivity index (χ1n) is 5.73. The standard InChI is InChI=1S/C14H8BrNO2S2/c15-10-5-1-2-6-11(10)16-13(17)12(20-14(16)19)8-9-4-3-7-18-9/h1-8H/b12-8+. The second kappa shape index (κ2) is 5.55. The molecule has 0 spiro atoms. The lowest BCUT2D eigenvalue weighted by Crippen LogP contribution is -2.27. The van der Waals surface area contributed by atoms with E-state index in [0.717, 1.165) is 10.2 Å². The molecule has 0 saturated carbocycles. The third-order valence-electron chi connectivity index (χ3n) is 2.70. The minimum Gasteiger partial charge on any atom is -0.465 e. The maximum absolute atomic E-state index is 12.5. The Hall–Kier alpha value is -1.37. The van der Waals surface area contributed by atoms with Crippen molar-refractivity contribution in [1.29, 1.82) is 0 Å². The number of halogens is 1. The van der Waals surface area contributed by atoms with E-state index in [2.05, 4.69) is 15.9 Å². The van der Waals surface area contributed by atoms with E-state index in [4.69, 9.17) is 16.6 Å². The first-order valence-corrected chi connectivity index (χ1v) is 7.74. The minimum absolute atomic E-state index is 0.136. The van der Waals surface area contributed by atoms with Crippen LogP contribution in [0.25, 0.3) is 6.08 Å². The molecule has 1 aromatic carbocycles. The first kappa shape index (κ1) is 13.6. The van der Waals surface area contributed by atoms with Crippen LogP contribution in [0.15, 0.2) is 56.5 Å². The lowest BCUT2D eigenvalue weighted by Gasteiger charge is -2.15. The van der Waals surface area contributed by atoms with Crippen LogP contribution in [0.2, 0.25) is 0 Å². The van der Waals surface area contributed by atoms with E-state index >= 15 is 0 Å². The summed E-state index contributed by atoms with van der Waals surface area (Å²) in [7, 11) is 0. The van der Waals surface area contributed by atoms with Crippen molar-refractivity contribution in [2.45, 2.75) is 0 Å². The highest BCUT2D eigenvalue weighted by Crippen LogP contribution is 2.38. The van der Waals surface area contributed by atoms with Crippen LogP contribution in [0.3, 0.4) is 0 Å². The van der Waals surface area contributed by atoms with E-state index < -0.39 is 0 Å². The van der Waals surface area contributed by atoms with Crippen LogP contribution in [0.1, 0.15) is 5.76 Å². The molecule has 0 radical (unpaired) electrons. The fourth-order valence-electron chi connectivity index (χ4n) is 1.81. The average Bonchev–Trinajstić information content (AvgIpc) is 3.01. The number of carbonyl (C=O) groups is 1. The molecule has 0 N–H and O–H groups in total. The number of benzene rings is 1. The Kier molecular flexibility index (Phi) is 3.78. The Morgan fingerprint density at radius 2 is 2.05 bits per heavy atom. The van der Waals surface area contributed by atoms with Crippen molar-refractivity contribution in [2.24, 2.45) is 0 Å². The number of nitrogens with zero attached hydrogens (tertiary/aromatic N) is 1. The summed E-state index contributed by atoms with van der Waals surface area (Å²) >= 11 is 10.0. The second-order valence-electron chi connectivity index (χ2n) is 3.98. The van der Waals surface area contributed by atoms with E-state index in [0.29, 0.717) is 15.0 Å². The summed E-state index contributed by atoms with van der Waals surface area (Å²) in [6.07, 6.45) is 3.27. The summed E-state index contributed by atoms with van der Waals surface area (Å²) in [6, 6.07) is 11.1. The number of furan rings is 1. The predicted molar refractivity (Wildman–Crippen MR) is 88.5 cm³/mol. The van der Waals surface area contributed by atoms with Gasteiger partial charge in [0.1, 0.15) is 5.76 Å². The van der Waals surface area contributed by atoms with Gasteiger partial charge in [-0.3, -0.25) is 9.69 Å². The molecule has 1 aromatic heterocycles. The van der Waals surface area contributed by atoms with Crippen molar-refractivity contribution >= 4 is 61.9 Å². The minimum atomic E-state index is -0.136. The molecule has 100 valence electrons. The summed E-state index contributed by atoms with van der Waals surface area (Å²) in [5, 5.41) is 0. The van der Waals surface area contributed by atoms with Crippen LogP contribution in [-0.4, -0.2) is 10.2 Å². The second-order valence-corrected chi connectivity index (χ2v) is 6.51. The molecule has 3 rings (SSSR count). The van der Waals surface area contributed by atoms with E-state index in [-0.39, 0.29) is 5.91 Å². The molecule has 0 unspecified atom stereocenters. The lowest BCUT2D eigenvalue weighted by molar-refractivity contribution is -0.113. The largest absolute Gasteiger partial charge is 0.465 e. The molecule has 1 amide bonds. The van der Waals surface area contributed by atoms with Gasteiger partial charge in [-0.1, -0.05) is 36.1 Å². The van der Waals surface area contributed by atoms with E-state index in [1.165, 1.54) is 16.7 Å². The van der Waals surface area contributed by atoms with Crippen LogP contribution < -0.4 is 4.90 Å². The Labute approximate surface area is 133 Å². The van der Waals surface area contributed by atoms with Crippen molar-refractivity contribution in [1.82, 2.24) is 0 Å². The van der Waals surface area contributed by atoms with Gasteiger partial charge in [-0.05, 0) is 40.2 Å². The number of hydrogen-bond donors (Lipinski definition) is 0. The van der Waals surface area contributed by atoms with Gasteiger partial charge < -0.3 is 4.42 Å². The lowest BCUT2D eigenvalue weighted by atomic mass is 10.3. The number of hydrogen-bond acceptors (Lipinski definition) is 4. The molecule has 1 fully saturated rings. The maximum atomic E-state index is 12.5. The van der Waals surface area contributed by atoms with Gasteiger partial charge in [0, 0.05) is 10.5 Å². The van der Waals surface area contributed by atoms with Crippen molar-refractivity contribution in [3.8, 4) is 0 Å². The number of thioether (sulfide) groups is 1. The van der Waals surface area contributed by atoms with Gasteiger partial charge in [-0.2, -0.15) is 0 Å². The molecule has 0 bridgehead atoms. The molecule has 2 heterocycles. The molecular formula is C14H8BrNO2S2. The molecule has 6 heteroatoms. The number of thiocarbonyl (C=S) groups is 1. The molecule has 20 heavy (non-hydrogen) atoms. The first-order chi connectivity index (χ1) is 9.66. The van der Waals surface area contributed by atoms with Crippen LogP contribution in [0.4, 0.5) is 5.69 Å². The number of carbonyl (C=O) groups excluding carboxylic acids is 1. The summed E-state index contributed by atoms with van der Waals surface area (Å²) in [4.78, 5) is 14.6. The zero-order chi connectivity index (χ0) is 14.1. The van der Waals surface area contributed by atoms with E-state index in [1.807, 2.05) is 24.3 Å². The number of anilines is 1. The molecular weight excluding hydrogens is 358 g/mol. The van der Waals surface area contributed by atoms with Gasteiger partial charge in [0.05, 0.1) is 16.9 Å². The normalized spacial score (nSPS) is 17.2. The third-order valence-corrected chi connectivity index (χ3v) is 4.68. The summed E-state index contributed by atoms with van der Waals surface area (Å²) in [5.74, 6) is 0.501. The smallest absolute Gasteiger partial charge is 0.270 e. The Balaban J connectivity index is 1.98. The zero-order valence-electron chi connectivity index (χ0n) is 10.1. The van der Waals surface area contributed by atoms with Crippen molar-refractivity contribution < 1.29 is 9.21 Å². The van der Waals surface area contributed by atoms with Crippen molar-refractivity contribution in [3.05, 3.63) is 57.8 Å².